The number of halogens is 1. The van der Waals surface area contributed by atoms with Crippen LogP contribution >= 0.6 is 11.6 Å². The summed E-state index contributed by atoms with van der Waals surface area (Å²) in [5.41, 5.74) is 8.96. The van der Waals surface area contributed by atoms with Crippen LogP contribution in [0.25, 0.3) is 0 Å². The predicted molar refractivity (Wildman–Crippen MR) is 64.7 cm³/mol. The van der Waals surface area contributed by atoms with Gasteiger partial charge in [0, 0.05) is 17.5 Å². The highest BCUT2D eigenvalue weighted by atomic mass is 35.5. The smallest absolute Gasteiger partial charge is 0.303 e. The Kier molecular flexibility index (Phi) is 4.33. The van der Waals surface area contributed by atoms with Gasteiger partial charge < -0.3 is 10.8 Å². The van der Waals surface area contributed by atoms with Crippen molar-refractivity contribution in [2.24, 2.45) is 5.73 Å². The summed E-state index contributed by atoms with van der Waals surface area (Å²) < 4.78 is 0. The summed E-state index contributed by atoms with van der Waals surface area (Å²) in [6.45, 7) is 3.87. The summed E-state index contributed by atoms with van der Waals surface area (Å²) in [5.74, 6) is -0.826. The summed E-state index contributed by atoms with van der Waals surface area (Å²) in [5, 5.41) is 9.29. The zero-order valence-electron chi connectivity index (χ0n) is 9.46. The Bertz CT molecular complexity index is 404. The van der Waals surface area contributed by atoms with E-state index < -0.39 is 5.97 Å². The molecule has 88 valence electrons. The topological polar surface area (TPSA) is 63.3 Å². The minimum Gasteiger partial charge on any atom is -0.481 e. The van der Waals surface area contributed by atoms with Crippen molar-refractivity contribution in [2.45, 2.75) is 32.7 Å². The Morgan fingerprint density at radius 3 is 2.69 bits per heavy atom. The number of carboxylic acid groups (broad SMARTS) is 1. The van der Waals surface area contributed by atoms with Crippen LogP contribution < -0.4 is 5.73 Å². The lowest BCUT2D eigenvalue weighted by Crippen LogP contribution is -2.15. The van der Waals surface area contributed by atoms with Gasteiger partial charge in [0.15, 0.2) is 0 Å². The first-order chi connectivity index (χ1) is 7.43. The minimum absolute atomic E-state index is 0.0760. The zero-order valence-corrected chi connectivity index (χ0v) is 10.2. The van der Waals surface area contributed by atoms with Crippen molar-refractivity contribution in [1.82, 2.24) is 0 Å². The molecule has 4 heteroatoms. The Morgan fingerprint density at radius 2 is 2.12 bits per heavy atom. The molecule has 0 heterocycles. The van der Waals surface area contributed by atoms with Gasteiger partial charge in [-0.15, -0.1) is 0 Å². The Labute approximate surface area is 100 Å². The van der Waals surface area contributed by atoms with Crippen LogP contribution in [0.15, 0.2) is 12.1 Å². The number of hydrogen-bond acceptors (Lipinski definition) is 2. The van der Waals surface area contributed by atoms with E-state index in [0.717, 1.165) is 16.7 Å². The van der Waals surface area contributed by atoms with Gasteiger partial charge in [-0.3, -0.25) is 4.79 Å². The molecule has 3 N–H and O–H groups in total. The molecule has 1 unspecified atom stereocenters. The lowest BCUT2D eigenvalue weighted by Gasteiger charge is -2.17. The molecule has 0 fully saturated rings. The van der Waals surface area contributed by atoms with Gasteiger partial charge in [-0.2, -0.15) is 0 Å². The van der Waals surface area contributed by atoms with Gasteiger partial charge in [0.1, 0.15) is 0 Å². The summed E-state index contributed by atoms with van der Waals surface area (Å²) in [6.07, 6.45) is 0.504. The monoisotopic (exact) mass is 241 g/mol. The summed E-state index contributed by atoms with van der Waals surface area (Å²) >= 11 is 6.02. The van der Waals surface area contributed by atoms with Crippen molar-refractivity contribution in [3.05, 3.63) is 33.8 Å². The molecule has 1 atom stereocenters. The third kappa shape index (κ3) is 2.97. The van der Waals surface area contributed by atoms with Gasteiger partial charge in [0.25, 0.3) is 0 Å². The quantitative estimate of drug-likeness (QED) is 0.852. The number of nitrogens with two attached hydrogens (primary N) is 1. The van der Waals surface area contributed by atoms with Gasteiger partial charge in [-0.05, 0) is 43.0 Å². The summed E-state index contributed by atoms with van der Waals surface area (Å²) in [7, 11) is 0. The molecule has 3 nitrogen and oxygen atoms in total. The maximum atomic E-state index is 10.5. The lowest BCUT2D eigenvalue weighted by atomic mass is 9.94. The average molecular weight is 242 g/mol. The molecular formula is C12H16ClNO2. The largest absolute Gasteiger partial charge is 0.481 e. The van der Waals surface area contributed by atoms with Crippen LogP contribution in [0, 0.1) is 13.8 Å². The lowest BCUT2D eigenvalue weighted by molar-refractivity contribution is -0.137. The van der Waals surface area contributed by atoms with Gasteiger partial charge in [-0.25, -0.2) is 0 Å². The molecular weight excluding hydrogens is 226 g/mol. The molecule has 0 spiro atoms. The zero-order chi connectivity index (χ0) is 12.3. The van der Waals surface area contributed by atoms with Crippen LogP contribution in [0.4, 0.5) is 0 Å². The van der Waals surface area contributed by atoms with Crippen LogP contribution in [0.1, 0.15) is 35.6 Å². The van der Waals surface area contributed by atoms with Crippen molar-refractivity contribution in [2.75, 3.05) is 0 Å². The first-order valence-corrected chi connectivity index (χ1v) is 5.54. The van der Waals surface area contributed by atoms with Crippen molar-refractivity contribution < 1.29 is 9.90 Å². The van der Waals surface area contributed by atoms with Crippen LogP contribution in [0.2, 0.25) is 5.02 Å². The van der Waals surface area contributed by atoms with E-state index in [1.807, 2.05) is 26.0 Å². The van der Waals surface area contributed by atoms with E-state index in [1.54, 1.807) is 0 Å². The van der Waals surface area contributed by atoms with E-state index >= 15 is 0 Å². The third-order valence-corrected chi connectivity index (χ3v) is 3.12. The number of aryl methyl sites for hydroxylation is 1. The molecule has 1 aromatic carbocycles. The molecule has 1 rings (SSSR count). The van der Waals surface area contributed by atoms with Crippen molar-refractivity contribution in [1.29, 1.82) is 0 Å². The Morgan fingerprint density at radius 1 is 1.50 bits per heavy atom. The molecule has 0 bridgehead atoms. The maximum absolute atomic E-state index is 10.5. The summed E-state index contributed by atoms with van der Waals surface area (Å²) in [6, 6.07) is 3.47. The first kappa shape index (κ1) is 13.0. The second-order valence-corrected chi connectivity index (χ2v) is 4.35. The minimum atomic E-state index is -0.826. The van der Waals surface area contributed by atoms with E-state index in [4.69, 9.17) is 22.4 Å². The normalized spacial score (nSPS) is 12.5. The van der Waals surface area contributed by atoms with Crippen molar-refractivity contribution >= 4 is 17.6 Å². The van der Waals surface area contributed by atoms with E-state index in [0.29, 0.717) is 11.4 Å². The number of hydrogen-bond donors (Lipinski definition) is 2. The van der Waals surface area contributed by atoms with E-state index in [-0.39, 0.29) is 12.5 Å². The molecule has 0 aliphatic carbocycles. The fourth-order valence-corrected chi connectivity index (χ4v) is 2.00. The highest BCUT2D eigenvalue weighted by Gasteiger charge is 2.14. The van der Waals surface area contributed by atoms with E-state index in [2.05, 4.69) is 0 Å². The number of aliphatic carboxylic acids is 1. The molecule has 0 amide bonds. The van der Waals surface area contributed by atoms with Gasteiger partial charge >= 0.3 is 5.97 Å². The number of rotatable bonds is 4. The fourth-order valence-electron chi connectivity index (χ4n) is 1.83. The predicted octanol–water partition coefficient (Wildman–Crippen LogP) is 2.82. The molecule has 0 aliphatic rings. The molecule has 0 radical (unpaired) electrons. The molecule has 16 heavy (non-hydrogen) atoms. The average Bonchev–Trinajstić information content (AvgIpc) is 2.21. The number of benzene rings is 1. The van der Waals surface area contributed by atoms with Crippen molar-refractivity contribution in [3.63, 3.8) is 0 Å². The van der Waals surface area contributed by atoms with Crippen LogP contribution in [0.5, 0.6) is 0 Å². The molecule has 1 aromatic rings. The van der Waals surface area contributed by atoms with Crippen molar-refractivity contribution in [3.8, 4) is 0 Å². The second-order valence-electron chi connectivity index (χ2n) is 3.94. The van der Waals surface area contributed by atoms with Gasteiger partial charge in [-0.1, -0.05) is 17.7 Å². The molecule has 0 aliphatic heterocycles. The van der Waals surface area contributed by atoms with Gasteiger partial charge in [0.05, 0.1) is 0 Å². The standard InChI is InChI=1S/C12H16ClNO2/c1-7-3-4-9(13)8(2)12(7)10(14)5-6-11(15)16/h3-4,10H,5-6,14H2,1-2H3,(H,15,16). The van der Waals surface area contributed by atoms with Crippen LogP contribution in [-0.4, -0.2) is 11.1 Å². The fraction of sp³-hybridized carbons (Fsp3) is 0.417. The highest BCUT2D eigenvalue weighted by Crippen LogP contribution is 2.28. The SMILES string of the molecule is Cc1ccc(Cl)c(C)c1C(N)CCC(=O)O. The molecule has 0 aromatic heterocycles. The Balaban J connectivity index is 2.94. The van der Waals surface area contributed by atoms with Crippen LogP contribution in [-0.2, 0) is 4.79 Å². The van der Waals surface area contributed by atoms with E-state index in [9.17, 15) is 4.79 Å². The van der Waals surface area contributed by atoms with Crippen LogP contribution in [0.3, 0.4) is 0 Å². The number of carbonyl (C=O) groups is 1. The molecule has 0 saturated heterocycles. The third-order valence-electron chi connectivity index (χ3n) is 2.71. The van der Waals surface area contributed by atoms with Gasteiger partial charge in [0.2, 0.25) is 0 Å². The van der Waals surface area contributed by atoms with E-state index in [1.165, 1.54) is 0 Å². The Hall–Kier alpha value is -1.06. The summed E-state index contributed by atoms with van der Waals surface area (Å²) in [4.78, 5) is 10.5. The number of carboxylic acids is 1. The maximum Gasteiger partial charge on any atom is 0.303 e. The first-order valence-electron chi connectivity index (χ1n) is 5.16. The highest BCUT2D eigenvalue weighted by molar-refractivity contribution is 6.31. The molecule has 0 saturated carbocycles. The second kappa shape index (κ2) is 5.32.